The lowest BCUT2D eigenvalue weighted by Gasteiger charge is -2.19. The molecule has 0 bridgehead atoms. The van der Waals surface area contributed by atoms with E-state index in [1.54, 1.807) is 0 Å². The molecule has 0 aliphatic heterocycles. The van der Waals surface area contributed by atoms with Crippen LogP contribution in [0.15, 0.2) is 78.9 Å². The van der Waals surface area contributed by atoms with Gasteiger partial charge in [0.15, 0.2) is 0 Å². The highest BCUT2D eigenvalue weighted by atomic mass is 15.1. The van der Waals surface area contributed by atoms with E-state index in [0.29, 0.717) is 5.56 Å². The third-order valence-corrected chi connectivity index (χ3v) is 3.93. The van der Waals surface area contributed by atoms with Crippen molar-refractivity contribution in [1.82, 2.24) is 0 Å². The molecule has 3 aromatic rings. The van der Waals surface area contributed by atoms with E-state index < -0.39 is 0 Å². The standard InChI is InChI=1S/C22H18N2/c1-24(21-5-3-2-4-6-21)22-15-13-19(14-16-22)8-7-18-9-11-20(17-23)12-10-18/h2-16H,1H3/b8-7+. The minimum Gasteiger partial charge on any atom is -0.345 e. The number of hydrogen-bond acceptors (Lipinski definition) is 2. The number of hydrogen-bond donors (Lipinski definition) is 0. The van der Waals surface area contributed by atoms with E-state index in [4.69, 9.17) is 5.26 Å². The average Bonchev–Trinajstić information content (AvgIpc) is 2.67. The molecule has 0 aromatic heterocycles. The Kier molecular flexibility index (Phi) is 4.74. The van der Waals surface area contributed by atoms with Crippen LogP contribution in [0.4, 0.5) is 11.4 Å². The van der Waals surface area contributed by atoms with Crippen molar-refractivity contribution in [2.45, 2.75) is 0 Å². The molecule has 0 N–H and O–H groups in total. The summed E-state index contributed by atoms with van der Waals surface area (Å²) in [6.07, 6.45) is 4.13. The highest BCUT2D eigenvalue weighted by Gasteiger charge is 2.02. The minimum absolute atomic E-state index is 0.681. The molecule has 0 unspecified atom stereocenters. The van der Waals surface area contributed by atoms with Crippen LogP contribution in [0.3, 0.4) is 0 Å². The van der Waals surface area contributed by atoms with Gasteiger partial charge in [-0.3, -0.25) is 0 Å². The van der Waals surface area contributed by atoms with Crippen LogP contribution in [0.25, 0.3) is 12.2 Å². The molecule has 0 spiro atoms. The Labute approximate surface area is 142 Å². The Morgan fingerprint density at radius 1 is 0.708 bits per heavy atom. The fourth-order valence-electron chi connectivity index (χ4n) is 2.47. The predicted molar refractivity (Wildman–Crippen MR) is 101 cm³/mol. The van der Waals surface area contributed by atoms with E-state index in [-0.39, 0.29) is 0 Å². The van der Waals surface area contributed by atoms with Crippen molar-refractivity contribution in [3.63, 3.8) is 0 Å². The van der Waals surface area contributed by atoms with Gasteiger partial charge in [0.1, 0.15) is 0 Å². The Bertz CT molecular complexity index is 855. The van der Waals surface area contributed by atoms with Gasteiger partial charge in [0, 0.05) is 18.4 Å². The zero-order valence-corrected chi connectivity index (χ0v) is 13.6. The van der Waals surface area contributed by atoms with Gasteiger partial charge in [-0.25, -0.2) is 0 Å². The fourth-order valence-corrected chi connectivity index (χ4v) is 2.47. The lowest BCUT2D eigenvalue weighted by Crippen LogP contribution is -2.08. The summed E-state index contributed by atoms with van der Waals surface area (Å²) in [6.45, 7) is 0. The molecule has 116 valence electrons. The second-order valence-corrected chi connectivity index (χ2v) is 5.55. The van der Waals surface area contributed by atoms with Crippen molar-refractivity contribution in [2.24, 2.45) is 0 Å². The van der Waals surface area contributed by atoms with Crippen molar-refractivity contribution < 1.29 is 0 Å². The first-order valence-corrected chi connectivity index (χ1v) is 7.83. The molecule has 3 aromatic carbocycles. The molecule has 0 fully saturated rings. The number of nitriles is 1. The molecule has 0 aliphatic carbocycles. The molecule has 0 saturated heterocycles. The molecule has 0 aliphatic rings. The van der Waals surface area contributed by atoms with Crippen molar-refractivity contribution in [1.29, 1.82) is 5.26 Å². The first kappa shape index (κ1) is 15.6. The lowest BCUT2D eigenvalue weighted by atomic mass is 10.1. The SMILES string of the molecule is CN(c1ccccc1)c1ccc(/C=C/c2ccc(C#N)cc2)cc1. The number of para-hydroxylation sites is 1. The summed E-state index contributed by atoms with van der Waals surface area (Å²) in [5.74, 6) is 0. The molecule has 0 radical (unpaired) electrons. The van der Waals surface area contributed by atoms with Gasteiger partial charge in [-0.2, -0.15) is 5.26 Å². The van der Waals surface area contributed by atoms with Crippen molar-refractivity contribution in [3.8, 4) is 6.07 Å². The van der Waals surface area contributed by atoms with Gasteiger partial charge >= 0.3 is 0 Å². The van der Waals surface area contributed by atoms with Gasteiger partial charge in [0.25, 0.3) is 0 Å². The van der Waals surface area contributed by atoms with E-state index in [0.717, 1.165) is 16.8 Å². The molecule has 2 nitrogen and oxygen atoms in total. The summed E-state index contributed by atoms with van der Waals surface area (Å²) >= 11 is 0. The monoisotopic (exact) mass is 310 g/mol. The number of nitrogens with zero attached hydrogens (tertiary/aromatic N) is 2. The van der Waals surface area contributed by atoms with Crippen molar-refractivity contribution in [3.05, 3.63) is 95.6 Å². The topological polar surface area (TPSA) is 27.0 Å². The van der Waals surface area contributed by atoms with Gasteiger partial charge in [-0.15, -0.1) is 0 Å². The summed E-state index contributed by atoms with van der Waals surface area (Å²) < 4.78 is 0. The van der Waals surface area contributed by atoms with Crippen molar-refractivity contribution in [2.75, 3.05) is 11.9 Å². The first-order chi connectivity index (χ1) is 11.8. The van der Waals surface area contributed by atoms with Crippen LogP contribution in [0, 0.1) is 11.3 Å². The zero-order valence-electron chi connectivity index (χ0n) is 13.6. The van der Waals surface area contributed by atoms with Crippen molar-refractivity contribution >= 4 is 23.5 Å². The molecule has 24 heavy (non-hydrogen) atoms. The normalized spacial score (nSPS) is 10.5. The Morgan fingerprint density at radius 3 is 1.75 bits per heavy atom. The third kappa shape index (κ3) is 3.71. The number of rotatable bonds is 4. The molecule has 2 heteroatoms. The van der Waals surface area contributed by atoms with Crippen LogP contribution in [-0.4, -0.2) is 7.05 Å². The molecule has 0 amide bonds. The van der Waals surface area contributed by atoms with E-state index in [1.807, 2.05) is 42.5 Å². The summed E-state index contributed by atoms with van der Waals surface area (Å²) in [5.41, 5.74) is 5.22. The van der Waals surface area contributed by atoms with Gasteiger partial charge in [-0.1, -0.05) is 54.6 Å². The summed E-state index contributed by atoms with van der Waals surface area (Å²) in [4.78, 5) is 2.16. The Balaban J connectivity index is 1.72. The quantitative estimate of drug-likeness (QED) is 0.595. The van der Waals surface area contributed by atoms with Crippen LogP contribution < -0.4 is 4.90 Å². The lowest BCUT2D eigenvalue weighted by molar-refractivity contribution is 1.21. The average molecular weight is 310 g/mol. The number of anilines is 2. The predicted octanol–water partition coefficient (Wildman–Crippen LogP) is 5.50. The molecule has 3 rings (SSSR count). The first-order valence-electron chi connectivity index (χ1n) is 7.83. The second-order valence-electron chi connectivity index (χ2n) is 5.55. The maximum Gasteiger partial charge on any atom is 0.0991 e. The molecule has 0 atom stereocenters. The largest absolute Gasteiger partial charge is 0.345 e. The van der Waals surface area contributed by atoms with E-state index in [1.165, 1.54) is 5.69 Å². The van der Waals surface area contributed by atoms with Crippen LogP contribution in [0.2, 0.25) is 0 Å². The Hall–Kier alpha value is -3.31. The van der Waals surface area contributed by atoms with Crippen LogP contribution in [0.1, 0.15) is 16.7 Å². The van der Waals surface area contributed by atoms with E-state index in [2.05, 4.69) is 66.6 Å². The zero-order chi connectivity index (χ0) is 16.8. The Morgan fingerprint density at radius 2 is 1.21 bits per heavy atom. The molecule has 0 heterocycles. The highest BCUT2D eigenvalue weighted by Crippen LogP contribution is 2.23. The van der Waals surface area contributed by atoms with E-state index in [9.17, 15) is 0 Å². The fraction of sp³-hybridized carbons (Fsp3) is 0.0455. The van der Waals surface area contributed by atoms with Crippen LogP contribution in [0.5, 0.6) is 0 Å². The summed E-state index contributed by atoms with van der Waals surface area (Å²) in [7, 11) is 2.07. The summed E-state index contributed by atoms with van der Waals surface area (Å²) in [5, 5.41) is 8.82. The molecule has 0 saturated carbocycles. The van der Waals surface area contributed by atoms with Gasteiger partial charge in [-0.05, 0) is 47.5 Å². The van der Waals surface area contributed by atoms with Gasteiger partial charge < -0.3 is 4.90 Å². The van der Waals surface area contributed by atoms with Crippen LogP contribution >= 0.6 is 0 Å². The van der Waals surface area contributed by atoms with Gasteiger partial charge in [0.05, 0.1) is 11.6 Å². The second kappa shape index (κ2) is 7.30. The highest BCUT2D eigenvalue weighted by molar-refractivity contribution is 5.71. The minimum atomic E-state index is 0.681. The molecular formula is C22H18N2. The maximum atomic E-state index is 8.82. The smallest absolute Gasteiger partial charge is 0.0991 e. The maximum absolute atomic E-state index is 8.82. The number of benzene rings is 3. The van der Waals surface area contributed by atoms with Gasteiger partial charge in [0.2, 0.25) is 0 Å². The molecular weight excluding hydrogens is 292 g/mol. The van der Waals surface area contributed by atoms with Crippen LogP contribution in [-0.2, 0) is 0 Å². The summed E-state index contributed by atoms with van der Waals surface area (Å²) in [6, 6.07) is 28.4. The third-order valence-electron chi connectivity index (χ3n) is 3.93. The van der Waals surface area contributed by atoms with E-state index >= 15 is 0 Å².